The third kappa shape index (κ3) is 4.60. The van der Waals surface area contributed by atoms with Crippen LogP contribution in [0, 0.1) is 0 Å². The number of aldehydes is 1. The molecule has 0 spiro atoms. The van der Waals surface area contributed by atoms with Crippen molar-refractivity contribution in [3.8, 4) is 16.9 Å². The maximum Gasteiger partial charge on any atom is 0.142 e. The fourth-order valence-corrected chi connectivity index (χ4v) is 2.02. The van der Waals surface area contributed by atoms with E-state index in [9.17, 15) is 4.79 Å². The van der Waals surface area contributed by atoms with Gasteiger partial charge in [0.25, 0.3) is 0 Å². The zero-order chi connectivity index (χ0) is 14.9. The van der Waals surface area contributed by atoms with Gasteiger partial charge in [-0.2, -0.15) is 0 Å². The van der Waals surface area contributed by atoms with E-state index in [1.54, 1.807) is 6.08 Å². The van der Waals surface area contributed by atoms with E-state index < -0.39 is 0 Å². The summed E-state index contributed by atoms with van der Waals surface area (Å²) in [5.41, 5.74) is 3.33. The summed E-state index contributed by atoms with van der Waals surface area (Å²) in [7, 11) is 0. The van der Waals surface area contributed by atoms with Crippen LogP contribution in [0.5, 0.6) is 5.75 Å². The lowest BCUT2D eigenvalue weighted by Crippen LogP contribution is -1.95. The largest absolute Gasteiger partial charge is 0.494 e. The summed E-state index contributed by atoms with van der Waals surface area (Å²) < 4.78 is 5.66. The molecule has 2 rings (SSSR count). The lowest BCUT2D eigenvalue weighted by molar-refractivity contribution is -0.104. The molecule has 21 heavy (non-hydrogen) atoms. The Morgan fingerprint density at radius 2 is 1.57 bits per heavy atom. The van der Waals surface area contributed by atoms with E-state index in [0.29, 0.717) is 0 Å². The van der Waals surface area contributed by atoms with Crippen molar-refractivity contribution in [1.82, 2.24) is 0 Å². The van der Waals surface area contributed by atoms with Crippen LogP contribution in [-0.4, -0.2) is 12.9 Å². The van der Waals surface area contributed by atoms with Gasteiger partial charge in [0.2, 0.25) is 0 Å². The zero-order valence-electron chi connectivity index (χ0n) is 12.3. The standard InChI is InChI=1S/C19H20O2/c1-2-3-15-21-19-12-10-18(11-13-19)17-8-6-16(7-9-17)5-4-14-20/h4-14H,2-3,15H2,1H3/b5-4+. The fourth-order valence-electron chi connectivity index (χ4n) is 2.02. The first-order chi connectivity index (χ1) is 10.3. The number of ether oxygens (including phenoxy) is 1. The molecule has 0 atom stereocenters. The Kier molecular flexibility index (Phi) is 5.77. The van der Waals surface area contributed by atoms with Gasteiger partial charge in [0.05, 0.1) is 6.61 Å². The molecule has 0 saturated carbocycles. The van der Waals surface area contributed by atoms with E-state index in [1.807, 2.05) is 24.3 Å². The summed E-state index contributed by atoms with van der Waals surface area (Å²) in [5, 5.41) is 0. The van der Waals surface area contributed by atoms with Crippen LogP contribution in [-0.2, 0) is 4.79 Å². The first kappa shape index (κ1) is 15.0. The molecule has 2 aromatic carbocycles. The molecule has 0 N–H and O–H groups in total. The van der Waals surface area contributed by atoms with Crippen molar-refractivity contribution in [3.05, 3.63) is 60.2 Å². The van der Waals surface area contributed by atoms with E-state index in [1.165, 1.54) is 6.08 Å². The molecular weight excluding hydrogens is 260 g/mol. The Bertz CT molecular complexity index is 580. The molecule has 2 nitrogen and oxygen atoms in total. The Labute approximate surface area is 126 Å². The van der Waals surface area contributed by atoms with Gasteiger partial charge in [0.15, 0.2) is 0 Å². The van der Waals surface area contributed by atoms with Gasteiger partial charge in [0.1, 0.15) is 12.0 Å². The molecule has 0 fully saturated rings. The minimum absolute atomic E-state index is 0.771. The first-order valence-electron chi connectivity index (χ1n) is 7.28. The predicted molar refractivity (Wildman–Crippen MR) is 87.4 cm³/mol. The third-order valence-corrected chi connectivity index (χ3v) is 3.23. The van der Waals surface area contributed by atoms with Gasteiger partial charge < -0.3 is 4.74 Å². The normalized spacial score (nSPS) is 10.7. The van der Waals surface area contributed by atoms with E-state index in [2.05, 4.69) is 31.2 Å². The van der Waals surface area contributed by atoms with Crippen molar-refractivity contribution in [2.75, 3.05) is 6.61 Å². The minimum atomic E-state index is 0.771. The van der Waals surface area contributed by atoms with Gasteiger partial charge in [-0.3, -0.25) is 4.79 Å². The highest BCUT2D eigenvalue weighted by atomic mass is 16.5. The van der Waals surface area contributed by atoms with Crippen molar-refractivity contribution >= 4 is 12.4 Å². The number of carbonyl (C=O) groups is 1. The molecule has 0 heterocycles. The van der Waals surface area contributed by atoms with Gasteiger partial charge in [-0.05, 0) is 41.3 Å². The summed E-state index contributed by atoms with van der Waals surface area (Å²) in [6.45, 7) is 2.92. The topological polar surface area (TPSA) is 26.3 Å². The molecule has 0 aliphatic rings. The maximum atomic E-state index is 10.3. The molecule has 2 aromatic rings. The van der Waals surface area contributed by atoms with Crippen LogP contribution in [0.15, 0.2) is 54.6 Å². The number of rotatable bonds is 7. The fraction of sp³-hybridized carbons (Fsp3) is 0.211. The number of benzene rings is 2. The quantitative estimate of drug-likeness (QED) is 0.416. The summed E-state index contributed by atoms with van der Waals surface area (Å²) in [6, 6.07) is 16.3. The Morgan fingerprint density at radius 3 is 2.14 bits per heavy atom. The highest BCUT2D eigenvalue weighted by Crippen LogP contribution is 2.23. The van der Waals surface area contributed by atoms with E-state index in [4.69, 9.17) is 4.74 Å². The SMILES string of the molecule is CCCCOc1ccc(-c2ccc(/C=C/C=O)cc2)cc1. The molecule has 2 heteroatoms. The molecular formula is C19H20O2. The van der Waals surface area contributed by atoms with Crippen LogP contribution in [0.2, 0.25) is 0 Å². The number of hydrogen-bond donors (Lipinski definition) is 0. The van der Waals surface area contributed by atoms with Crippen molar-refractivity contribution in [2.24, 2.45) is 0 Å². The average molecular weight is 280 g/mol. The predicted octanol–water partition coefficient (Wildman–Crippen LogP) is 4.74. The molecule has 0 bridgehead atoms. The van der Waals surface area contributed by atoms with Crippen LogP contribution in [0.4, 0.5) is 0 Å². The van der Waals surface area contributed by atoms with Crippen molar-refractivity contribution in [2.45, 2.75) is 19.8 Å². The molecule has 0 aromatic heterocycles. The van der Waals surface area contributed by atoms with Gasteiger partial charge in [-0.15, -0.1) is 0 Å². The molecule has 108 valence electrons. The summed E-state index contributed by atoms with van der Waals surface area (Å²) in [5.74, 6) is 0.915. The summed E-state index contributed by atoms with van der Waals surface area (Å²) in [4.78, 5) is 10.3. The minimum Gasteiger partial charge on any atom is -0.494 e. The van der Waals surface area contributed by atoms with Crippen LogP contribution in [0.1, 0.15) is 25.3 Å². The molecule has 0 amide bonds. The number of carbonyl (C=O) groups excluding carboxylic acids is 1. The molecule has 0 aliphatic carbocycles. The average Bonchev–Trinajstić information content (AvgIpc) is 2.54. The van der Waals surface area contributed by atoms with Crippen molar-refractivity contribution in [3.63, 3.8) is 0 Å². The number of unbranched alkanes of at least 4 members (excludes halogenated alkanes) is 1. The van der Waals surface area contributed by atoms with E-state index in [0.717, 1.165) is 48.2 Å². The Hall–Kier alpha value is -2.35. The highest BCUT2D eigenvalue weighted by molar-refractivity contribution is 5.74. The first-order valence-corrected chi connectivity index (χ1v) is 7.28. The van der Waals surface area contributed by atoms with Gasteiger partial charge in [-0.25, -0.2) is 0 Å². The second-order valence-electron chi connectivity index (χ2n) is 4.84. The molecule has 0 aliphatic heterocycles. The smallest absolute Gasteiger partial charge is 0.142 e. The lowest BCUT2D eigenvalue weighted by Gasteiger charge is -2.07. The summed E-state index contributed by atoms with van der Waals surface area (Å²) in [6.07, 6.45) is 6.30. The van der Waals surface area contributed by atoms with Crippen LogP contribution >= 0.6 is 0 Å². The second-order valence-corrected chi connectivity index (χ2v) is 4.84. The molecule has 0 saturated heterocycles. The van der Waals surface area contributed by atoms with Crippen molar-refractivity contribution < 1.29 is 9.53 Å². The van der Waals surface area contributed by atoms with E-state index >= 15 is 0 Å². The number of allylic oxidation sites excluding steroid dienone is 1. The van der Waals surface area contributed by atoms with Gasteiger partial charge >= 0.3 is 0 Å². The van der Waals surface area contributed by atoms with Crippen LogP contribution in [0.25, 0.3) is 17.2 Å². The van der Waals surface area contributed by atoms with Gasteiger partial charge in [-0.1, -0.05) is 55.8 Å². The zero-order valence-corrected chi connectivity index (χ0v) is 12.3. The van der Waals surface area contributed by atoms with Crippen LogP contribution in [0.3, 0.4) is 0 Å². The molecule has 0 unspecified atom stereocenters. The maximum absolute atomic E-state index is 10.3. The summed E-state index contributed by atoms with van der Waals surface area (Å²) >= 11 is 0. The Balaban J connectivity index is 2.04. The van der Waals surface area contributed by atoms with Crippen LogP contribution < -0.4 is 4.74 Å². The second kappa shape index (κ2) is 8.05. The highest BCUT2D eigenvalue weighted by Gasteiger charge is 1.99. The number of hydrogen-bond acceptors (Lipinski definition) is 2. The Morgan fingerprint density at radius 1 is 0.952 bits per heavy atom. The third-order valence-electron chi connectivity index (χ3n) is 3.23. The van der Waals surface area contributed by atoms with E-state index in [-0.39, 0.29) is 0 Å². The monoisotopic (exact) mass is 280 g/mol. The molecule has 0 radical (unpaired) electrons. The van der Waals surface area contributed by atoms with Crippen molar-refractivity contribution in [1.29, 1.82) is 0 Å². The van der Waals surface area contributed by atoms with Gasteiger partial charge in [0, 0.05) is 0 Å². The lowest BCUT2D eigenvalue weighted by atomic mass is 10.0.